The van der Waals surface area contributed by atoms with E-state index in [4.69, 9.17) is 18.4 Å². The molecule has 0 N–H and O–H groups in total. The number of hydrogen-bond acceptors (Lipinski definition) is 7. The second-order valence-corrected chi connectivity index (χ2v) is 18.3. The van der Waals surface area contributed by atoms with Gasteiger partial charge in [-0.3, -0.25) is 4.79 Å². The van der Waals surface area contributed by atoms with Crippen LogP contribution in [0.1, 0.15) is 63.5 Å². The normalized spacial score (nSPS) is 19.8. The van der Waals surface area contributed by atoms with E-state index in [1.807, 2.05) is 61.2 Å². The number of ether oxygens (including phenoxy) is 2. The van der Waals surface area contributed by atoms with Gasteiger partial charge in [-0.25, -0.2) is 4.39 Å². The smallest absolute Gasteiger partial charge is 0.276 e. The lowest BCUT2D eigenvalue weighted by molar-refractivity contribution is -0.00549. The van der Waals surface area contributed by atoms with Gasteiger partial charge >= 0.3 is 0 Å². The second kappa shape index (κ2) is 13.5. The third-order valence-corrected chi connectivity index (χ3v) is 14.6. The Kier molecular flexibility index (Phi) is 9.58. The zero-order chi connectivity index (χ0) is 33.3. The molecule has 1 amide bonds. The van der Waals surface area contributed by atoms with E-state index in [0.29, 0.717) is 42.8 Å². The number of halogens is 1. The molecule has 4 aromatic rings. The summed E-state index contributed by atoms with van der Waals surface area (Å²) in [6.45, 7) is 12.9. The van der Waals surface area contributed by atoms with Crippen LogP contribution < -0.4 is 15.3 Å². The highest BCUT2D eigenvalue weighted by Crippen LogP contribution is 2.40. The summed E-state index contributed by atoms with van der Waals surface area (Å²) in [4.78, 5) is 17.5. The van der Waals surface area contributed by atoms with Crippen LogP contribution in [0, 0.1) is 5.82 Å². The number of likely N-dealkylation sites (tertiary alicyclic amines) is 1. The summed E-state index contributed by atoms with van der Waals surface area (Å²) in [5.74, 6) is -0.799. The van der Waals surface area contributed by atoms with E-state index < -0.39 is 14.1 Å². The molecule has 0 radical (unpaired) electrons. The quantitative estimate of drug-likeness (QED) is 0.218. The third kappa shape index (κ3) is 6.36. The molecule has 0 bridgehead atoms. The van der Waals surface area contributed by atoms with Crippen molar-refractivity contribution in [3.05, 3.63) is 83.8 Å². The van der Waals surface area contributed by atoms with E-state index in [-0.39, 0.29) is 47.1 Å². The predicted molar refractivity (Wildman–Crippen MR) is 185 cm³/mol. The molecule has 1 aromatic heterocycles. The molecule has 0 spiro atoms. The third-order valence-electron chi connectivity index (χ3n) is 9.62. The van der Waals surface area contributed by atoms with Crippen LogP contribution in [0.2, 0.25) is 5.04 Å². The number of carbonyl (C=O) groups is 1. The topological polar surface area (TPSA) is 77.3 Å². The number of aromatic nitrogens is 1. The van der Waals surface area contributed by atoms with Crippen LogP contribution in [0.5, 0.6) is 0 Å². The highest BCUT2D eigenvalue weighted by atomic mass is 28.4. The first-order valence-electron chi connectivity index (χ1n) is 16.6. The highest BCUT2D eigenvalue weighted by molar-refractivity contribution is 6.99. The number of anilines is 1. The molecule has 2 atom stereocenters. The lowest BCUT2D eigenvalue weighted by atomic mass is 10.0. The van der Waals surface area contributed by atoms with E-state index in [9.17, 15) is 4.79 Å². The molecule has 6 rings (SSSR count). The summed E-state index contributed by atoms with van der Waals surface area (Å²) in [6, 6.07) is 22.7. The number of morpholine rings is 1. The number of benzene rings is 3. The Morgan fingerprint density at radius 3 is 2.09 bits per heavy atom. The molecule has 10 heteroatoms. The number of rotatable bonds is 8. The van der Waals surface area contributed by atoms with Crippen LogP contribution in [0.25, 0.3) is 11.0 Å². The van der Waals surface area contributed by atoms with Gasteiger partial charge in [0.05, 0.1) is 36.0 Å². The van der Waals surface area contributed by atoms with Gasteiger partial charge in [0, 0.05) is 38.9 Å². The molecule has 2 fully saturated rings. The summed E-state index contributed by atoms with van der Waals surface area (Å²) >= 11 is 0. The van der Waals surface area contributed by atoms with Gasteiger partial charge in [0.1, 0.15) is 0 Å². The Bertz CT molecular complexity index is 1640. The monoisotopic (exact) mass is 659 g/mol. The molecule has 0 aliphatic carbocycles. The Labute approximate surface area is 277 Å². The summed E-state index contributed by atoms with van der Waals surface area (Å²) < 4.78 is 41.3. The van der Waals surface area contributed by atoms with Gasteiger partial charge in [0.2, 0.25) is 5.58 Å². The van der Waals surface area contributed by atoms with Crippen molar-refractivity contribution in [3.8, 4) is 0 Å². The van der Waals surface area contributed by atoms with Crippen LogP contribution in [0.15, 0.2) is 71.3 Å². The van der Waals surface area contributed by atoms with Gasteiger partial charge in [-0.2, -0.15) is 0 Å². The van der Waals surface area contributed by atoms with Crippen LogP contribution in [0.4, 0.5) is 10.1 Å². The van der Waals surface area contributed by atoms with E-state index in [2.05, 4.69) is 50.2 Å². The number of hydrogen-bond donors (Lipinski definition) is 0. The number of carbonyl (C=O) groups excluding carboxylic acids is 1. The molecule has 8 nitrogen and oxygen atoms in total. The first kappa shape index (κ1) is 33.3. The van der Waals surface area contributed by atoms with Crippen LogP contribution in [0.3, 0.4) is 0 Å². The first-order chi connectivity index (χ1) is 22.5. The standard InChI is InChI=1S/C37H46FN3O5Si/c1-25-22-41(23-26(2)45-25)34-27(21-31-33(39-46-35(31)32(34)38)36(42)40-19-17-28(43-6)18-20-40)24-44-47(37(3,4)5,29-13-9-7-10-14-29)30-15-11-8-12-16-30/h7-16,21,25-26,28H,17-20,22-24H2,1-6H3. The van der Waals surface area contributed by atoms with Gasteiger partial charge < -0.3 is 28.2 Å². The van der Waals surface area contributed by atoms with Gasteiger partial charge in [-0.05, 0) is 48.2 Å². The fourth-order valence-electron chi connectivity index (χ4n) is 7.44. The van der Waals surface area contributed by atoms with Crippen molar-refractivity contribution < 1.29 is 27.6 Å². The van der Waals surface area contributed by atoms with Crippen molar-refractivity contribution in [1.82, 2.24) is 10.1 Å². The van der Waals surface area contributed by atoms with Gasteiger partial charge in [-0.15, -0.1) is 0 Å². The largest absolute Gasteiger partial charge is 0.403 e. The predicted octanol–water partition coefficient (Wildman–Crippen LogP) is 5.91. The van der Waals surface area contributed by atoms with Crippen molar-refractivity contribution in [2.45, 2.75) is 77.4 Å². The fourth-order valence-corrected chi connectivity index (χ4v) is 12.0. The molecule has 2 saturated heterocycles. The van der Waals surface area contributed by atoms with Gasteiger partial charge in [0.25, 0.3) is 14.2 Å². The fraction of sp³-hybridized carbons (Fsp3) is 0.459. The maximum absolute atomic E-state index is 16.9. The molecule has 2 unspecified atom stereocenters. The van der Waals surface area contributed by atoms with Gasteiger partial charge in [-0.1, -0.05) is 86.6 Å². The van der Waals surface area contributed by atoms with Crippen LogP contribution >= 0.6 is 0 Å². The van der Waals surface area contributed by atoms with Crippen molar-refractivity contribution in [2.75, 3.05) is 38.2 Å². The molecule has 250 valence electrons. The molecule has 3 aromatic carbocycles. The van der Waals surface area contributed by atoms with E-state index in [1.165, 1.54) is 0 Å². The minimum atomic E-state index is -2.96. The number of fused-ring (bicyclic) bond motifs is 1. The Morgan fingerprint density at radius 2 is 1.55 bits per heavy atom. The minimum absolute atomic E-state index is 0.0175. The Hall–Kier alpha value is -3.57. The van der Waals surface area contributed by atoms with E-state index in [0.717, 1.165) is 23.2 Å². The van der Waals surface area contributed by atoms with Crippen molar-refractivity contribution in [3.63, 3.8) is 0 Å². The zero-order valence-electron chi connectivity index (χ0n) is 28.3. The average Bonchev–Trinajstić information content (AvgIpc) is 3.49. The van der Waals surface area contributed by atoms with E-state index in [1.54, 1.807) is 12.0 Å². The minimum Gasteiger partial charge on any atom is -0.403 e. The maximum atomic E-state index is 16.9. The van der Waals surface area contributed by atoms with Crippen molar-refractivity contribution >= 4 is 41.3 Å². The summed E-state index contributed by atoms with van der Waals surface area (Å²) in [6.07, 6.45) is 1.40. The lowest BCUT2D eigenvalue weighted by Gasteiger charge is -2.43. The number of amides is 1. The zero-order valence-corrected chi connectivity index (χ0v) is 29.3. The summed E-state index contributed by atoms with van der Waals surface area (Å²) in [5.41, 5.74) is 1.17. The number of methoxy groups -OCH3 is 1. The molecule has 47 heavy (non-hydrogen) atoms. The first-order valence-corrected chi connectivity index (χ1v) is 18.5. The number of nitrogens with zero attached hydrogens (tertiary/aromatic N) is 3. The molecule has 2 aliphatic heterocycles. The highest BCUT2D eigenvalue weighted by Gasteiger charge is 2.50. The van der Waals surface area contributed by atoms with E-state index >= 15 is 4.39 Å². The van der Waals surface area contributed by atoms with Crippen LogP contribution in [-0.2, 0) is 20.5 Å². The molecule has 3 heterocycles. The van der Waals surface area contributed by atoms with Gasteiger partial charge in [0.15, 0.2) is 11.5 Å². The van der Waals surface area contributed by atoms with Crippen molar-refractivity contribution in [2.24, 2.45) is 0 Å². The summed E-state index contributed by atoms with van der Waals surface area (Å²) in [5, 5.41) is 6.52. The second-order valence-electron chi connectivity index (χ2n) is 13.9. The average molecular weight is 660 g/mol. The summed E-state index contributed by atoms with van der Waals surface area (Å²) in [7, 11) is -1.27. The number of piperidine rings is 1. The molecule has 2 aliphatic rings. The Balaban J connectivity index is 1.47. The van der Waals surface area contributed by atoms with Crippen LogP contribution in [-0.4, -0.2) is 75.9 Å². The Morgan fingerprint density at radius 1 is 0.979 bits per heavy atom. The molecule has 0 saturated carbocycles. The SMILES string of the molecule is COC1CCN(C(=O)c2noc3c(F)c(N4CC(C)OC(C)C4)c(CO[Si](c4ccccc4)(c4ccccc4)C(C)(C)C)cc23)CC1. The lowest BCUT2D eigenvalue weighted by Crippen LogP contribution is -2.66. The molecular formula is C37H46FN3O5Si. The van der Waals surface area contributed by atoms with Crippen molar-refractivity contribution in [1.29, 1.82) is 0 Å². The molecular weight excluding hydrogens is 614 g/mol. The maximum Gasteiger partial charge on any atom is 0.276 e.